The maximum absolute atomic E-state index is 11.5. The number of benzene rings is 1. The number of carbonyl (C=O) groups excluding carboxylic acids is 1. The summed E-state index contributed by atoms with van der Waals surface area (Å²) < 4.78 is 6.85. The van der Waals surface area contributed by atoms with Crippen LogP contribution in [0.15, 0.2) is 30.3 Å². The standard InChI is InChI=1S/C11H14NO2/c1-9(12(2)3)14-11(13)10-7-5-4-6-8-10/h4-8H,1-3H3/q+1. The monoisotopic (exact) mass is 192 g/mol. The third-order valence-corrected chi connectivity index (χ3v) is 1.88. The molecule has 0 aromatic heterocycles. The van der Waals surface area contributed by atoms with Crippen LogP contribution in [0.1, 0.15) is 17.3 Å². The summed E-state index contributed by atoms with van der Waals surface area (Å²) in [7, 11) is 3.65. The van der Waals surface area contributed by atoms with Crippen molar-refractivity contribution in [2.75, 3.05) is 14.1 Å². The fourth-order valence-corrected chi connectivity index (χ4v) is 0.859. The third kappa shape index (κ3) is 2.69. The molecule has 1 aromatic carbocycles. The van der Waals surface area contributed by atoms with Gasteiger partial charge >= 0.3 is 11.9 Å². The molecule has 1 rings (SSSR count). The van der Waals surface area contributed by atoms with Crippen molar-refractivity contribution in [3.63, 3.8) is 0 Å². The first-order valence-corrected chi connectivity index (χ1v) is 4.39. The summed E-state index contributed by atoms with van der Waals surface area (Å²) >= 11 is 0. The molecule has 14 heavy (non-hydrogen) atoms. The van der Waals surface area contributed by atoms with E-state index in [0.29, 0.717) is 11.5 Å². The van der Waals surface area contributed by atoms with E-state index in [1.165, 1.54) is 0 Å². The molecule has 0 amide bonds. The van der Waals surface area contributed by atoms with Gasteiger partial charge in [-0.15, -0.1) is 0 Å². The summed E-state index contributed by atoms with van der Waals surface area (Å²) in [5, 5.41) is 0. The Bertz CT molecular complexity index is 351. The molecule has 0 heterocycles. The zero-order valence-electron chi connectivity index (χ0n) is 8.65. The number of esters is 1. The summed E-state index contributed by atoms with van der Waals surface area (Å²) in [4.78, 5) is 11.5. The Labute approximate surface area is 83.6 Å². The number of ether oxygens (including phenoxy) is 1. The van der Waals surface area contributed by atoms with Crippen LogP contribution in [0.4, 0.5) is 0 Å². The van der Waals surface area contributed by atoms with Gasteiger partial charge in [0.2, 0.25) is 0 Å². The van der Waals surface area contributed by atoms with Crippen molar-refractivity contribution in [1.82, 2.24) is 0 Å². The van der Waals surface area contributed by atoms with Gasteiger partial charge in [-0.1, -0.05) is 18.2 Å². The lowest BCUT2D eigenvalue weighted by Gasteiger charge is -2.00. The van der Waals surface area contributed by atoms with E-state index in [-0.39, 0.29) is 5.97 Å². The highest BCUT2D eigenvalue weighted by Crippen LogP contribution is 2.01. The molecule has 0 radical (unpaired) electrons. The van der Waals surface area contributed by atoms with E-state index in [9.17, 15) is 4.79 Å². The van der Waals surface area contributed by atoms with Crippen LogP contribution in [0.3, 0.4) is 0 Å². The molecule has 0 N–H and O–H groups in total. The van der Waals surface area contributed by atoms with E-state index >= 15 is 0 Å². The van der Waals surface area contributed by atoms with Crippen molar-refractivity contribution in [1.29, 1.82) is 0 Å². The van der Waals surface area contributed by atoms with Crippen molar-refractivity contribution < 1.29 is 14.1 Å². The molecule has 0 bridgehead atoms. The van der Waals surface area contributed by atoms with E-state index < -0.39 is 0 Å². The first-order valence-electron chi connectivity index (χ1n) is 4.39. The van der Waals surface area contributed by atoms with Crippen molar-refractivity contribution in [3.05, 3.63) is 35.9 Å². The first-order chi connectivity index (χ1) is 6.61. The third-order valence-electron chi connectivity index (χ3n) is 1.88. The summed E-state index contributed by atoms with van der Waals surface area (Å²) in [5.41, 5.74) is 0.564. The van der Waals surface area contributed by atoms with Gasteiger partial charge in [0, 0.05) is 0 Å². The molecule has 0 aliphatic heterocycles. The van der Waals surface area contributed by atoms with Gasteiger partial charge in [0.25, 0.3) is 0 Å². The summed E-state index contributed by atoms with van der Waals surface area (Å²) in [6, 6.07) is 8.93. The Balaban J connectivity index is 2.75. The Kier molecular flexibility index (Phi) is 3.40. The smallest absolute Gasteiger partial charge is 0.347 e. The lowest BCUT2D eigenvalue weighted by molar-refractivity contribution is -0.473. The Morgan fingerprint density at radius 3 is 2.29 bits per heavy atom. The SMILES string of the molecule is CC(OC(=O)c1ccccc1)=[N+](C)C. The van der Waals surface area contributed by atoms with Gasteiger partial charge in [-0.05, 0) is 12.1 Å². The van der Waals surface area contributed by atoms with Crippen LogP contribution in [0.25, 0.3) is 0 Å². The summed E-state index contributed by atoms with van der Waals surface area (Å²) in [5.74, 6) is 0.260. The Morgan fingerprint density at radius 1 is 1.21 bits per heavy atom. The maximum atomic E-state index is 11.5. The molecule has 0 aliphatic rings. The summed E-state index contributed by atoms with van der Waals surface area (Å²) in [6.45, 7) is 1.75. The van der Waals surface area contributed by atoms with Crippen molar-refractivity contribution in [2.45, 2.75) is 6.92 Å². The number of carbonyl (C=O) groups is 1. The van der Waals surface area contributed by atoms with Crippen LogP contribution in [0.5, 0.6) is 0 Å². The highest BCUT2D eigenvalue weighted by molar-refractivity contribution is 5.96. The van der Waals surface area contributed by atoms with Crippen LogP contribution < -0.4 is 0 Å². The second-order valence-corrected chi connectivity index (χ2v) is 3.17. The van der Waals surface area contributed by atoms with E-state index in [1.807, 2.05) is 32.3 Å². The highest BCUT2D eigenvalue weighted by atomic mass is 16.5. The van der Waals surface area contributed by atoms with Gasteiger partial charge < -0.3 is 4.74 Å². The topological polar surface area (TPSA) is 29.3 Å². The molecular weight excluding hydrogens is 178 g/mol. The molecule has 0 fully saturated rings. The molecule has 0 spiro atoms. The fraction of sp³-hybridized carbons (Fsp3) is 0.273. The zero-order valence-corrected chi connectivity index (χ0v) is 8.65. The number of nitrogens with zero attached hydrogens (tertiary/aromatic N) is 1. The van der Waals surface area contributed by atoms with Gasteiger partial charge in [0.15, 0.2) is 0 Å². The Morgan fingerprint density at radius 2 is 1.79 bits per heavy atom. The van der Waals surface area contributed by atoms with Gasteiger partial charge in [0.1, 0.15) is 14.1 Å². The molecule has 0 atom stereocenters. The minimum absolute atomic E-state index is 0.322. The van der Waals surface area contributed by atoms with Gasteiger partial charge in [-0.3, -0.25) is 0 Å². The minimum Gasteiger partial charge on any atom is -0.371 e. The lowest BCUT2D eigenvalue weighted by Crippen LogP contribution is -2.17. The lowest BCUT2D eigenvalue weighted by atomic mass is 10.2. The van der Waals surface area contributed by atoms with Crippen LogP contribution in [-0.2, 0) is 4.74 Å². The minimum atomic E-state index is -0.322. The summed E-state index contributed by atoms with van der Waals surface area (Å²) in [6.07, 6.45) is 0. The number of hydrogen-bond acceptors (Lipinski definition) is 2. The quantitative estimate of drug-likeness (QED) is 0.292. The van der Waals surface area contributed by atoms with E-state index in [4.69, 9.17) is 4.74 Å². The molecule has 74 valence electrons. The van der Waals surface area contributed by atoms with Gasteiger partial charge in [-0.25, -0.2) is 9.37 Å². The van der Waals surface area contributed by atoms with E-state index in [2.05, 4.69) is 0 Å². The van der Waals surface area contributed by atoms with Crippen LogP contribution in [-0.4, -0.2) is 30.5 Å². The molecule has 0 unspecified atom stereocenters. The average Bonchev–Trinajstić information content (AvgIpc) is 2.19. The van der Waals surface area contributed by atoms with Crippen molar-refractivity contribution in [3.8, 4) is 0 Å². The number of hydrogen-bond donors (Lipinski definition) is 0. The molecular formula is C11H14NO2+. The van der Waals surface area contributed by atoms with Crippen LogP contribution in [0.2, 0.25) is 0 Å². The zero-order chi connectivity index (χ0) is 10.6. The first kappa shape index (κ1) is 10.4. The Hall–Kier alpha value is -1.64. The second-order valence-electron chi connectivity index (χ2n) is 3.17. The normalized spacial score (nSPS) is 9.36. The second kappa shape index (κ2) is 4.56. The molecule has 0 saturated heterocycles. The molecule has 0 aliphatic carbocycles. The van der Waals surface area contributed by atoms with Crippen LogP contribution in [0, 0.1) is 0 Å². The maximum Gasteiger partial charge on any atom is 0.347 e. The molecule has 3 nitrogen and oxygen atoms in total. The fourth-order valence-electron chi connectivity index (χ4n) is 0.859. The van der Waals surface area contributed by atoms with E-state index in [1.54, 1.807) is 23.6 Å². The van der Waals surface area contributed by atoms with Crippen molar-refractivity contribution in [2.24, 2.45) is 0 Å². The highest BCUT2D eigenvalue weighted by Gasteiger charge is 2.11. The predicted octanol–water partition coefficient (Wildman–Crippen LogP) is 1.53. The van der Waals surface area contributed by atoms with Crippen LogP contribution >= 0.6 is 0 Å². The molecule has 3 heteroatoms. The largest absolute Gasteiger partial charge is 0.371 e. The average molecular weight is 192 g/mol. The number of rotatable bonds is 1. The predicted molar refractivity (Wildman–Crippen MR) is 54.6 cm³/mol. The van der Waals surface area contributed by atoms with Gasteiger partial charge in [-0.2, -0.15) is 0 Å². The molecule has 0 saturated carbocycles. The molecule has 1 aromatic rings. The van der Waals surface area contributed by atoms with Crippen molar-refractivity contribution >= 4 is 11.9 Å². The van der Waals surface area contributed by atoms with E-state index in [0.717, 1.165) is 0 Å². The van der Waals surface area contributed by atoms with Gasteiger partial charge in [0.05, 0.1) is 12.5 Å².